The van der Waals surface area contributed by atoms with Gasteiger partial charge in [0.2, 0.25) is 5.91 Å². The summed E-state index contributed by atoms with van der Waals surface area (Å²) in [5.41, 5.74) is 4.99. The maximum absolute atomic E-state index is 15.3. The molecule has 2 unspecified atom stereocenters. The Morgan fingerprint density at radius 1 is 0.970 bits per heavy atom. The number of methoxy groups -OCH3 is 1. The fraction of sp³-hybridized carbons (Fsp3) is 0.500. The van der Waals surface area contributed by atoms with Crippen molar-refractivity contribution in [3.63, 3.8) is 0 Å². The standard InChI is InChI=1S/C48H57F5N8O6/c1-47(2,48(51,52)53)44(59-46(64)65-3)45(63)58-41(42(62)23-55-22-37-38(49)19-32(20-39(37)50)40(54)14-16-56-33-15-17-66-26-33)18-30-7-4-29(5-8-30)6-9-31-10-13-43(57-21-31)60-24-34-11-12-35(25-60)61(34)36-27-67-28-36/h4-5,7-8,10,13-14,16,19-21,33-36,41-42,44,55,62H,11-12,15,17-18,22-28,54H2,1-3H3,(H,58,63)(H,59,64)/t33-,34?,35?,41+,42+,44-/m1/s1. The lowest BCUT2D eigenvalue weighted by Gasteiger charge is -2.47. The van der Waals surface area contributed by atoms with Gasteiger partial charge in [0.1, 0.15) is 23.5 Å². The number of piperazine rings is 1. The Hall–Kier alpha value is -5.65. The van der Waals surface area contributed by atoms with E-state index in [1.165, 1.54) is 25.1 Å². The smallest absolute Gasteiger partial charge is 0.407 e. The maximum atomic E-state index is 15.3. The van der Waals surface area contributed by atoms with Crippen molar-refractivity contribution in [2.24, 2.45) is 16.1 Å². The molecule has 3 aromatic rings. The first-order valence-corrected chi connectivity index (χ1v) is 22.3. The average Bonchev–Trinajstić information content (AvgIpc) is 3.88. The summed E-state index contributed by atoms with van der Waals surface area (Å²) < 4.78 is 88.5. The Balaban J connectivity index is 1.01. The van der Waals surface area contributed by atoms with E-state index >= 15 is 8.78 Å². The van der Waals surface area contributed by atoms with Gasteiger partial charge in [-0.3, -0.25) is 14.7 Å². The monoisotopic (exact) mass is 936 g/mol. The predicted molar refractivity (Wildman–Crippen MR) is 241 cm³/mol. The van der Waals surface area contributed by atoms with Crippen molar-refractivity contribution in [1.82, 2.24) is 25.8 Å². The third kappa shape index (κ3) is 12.1. The highest BCUT2D eigenvalue weighted by atomic mass is 19.4. The summed E-state index contributed by atoms with van der Waals surface area (Å²) in [4.78, 5) is 39.9. The maximum Gasteiger partial charge on any atom is 0.407 e. The summed E-state index contributed by atoms with van der Waals surface area (Å²) in [5.74, 6) is 4.05. The van der Waals surface area contributed by atoms with E-state index in [0.29, 0.717) is 48.0 Å². The van der Waals surface area contributed by atoms with Crippen LogP contribution in [-0.4, -0.2) is 135 Å². The molecule has 0 aliphatic carbocycles. The predicted octanol–water partition coefficient (Wildman–Crippen LogP) is 4.46. The number of alkyl carbamates (subject to hydrolysis) is 1. The van der Waals surface area contributed by atoms with Gasteiger partial charge in [-0.05, 0) is 87.6 Å². The number of halogens is 5. The zero-order valence-electron chi connectivity index (χ0n) is 37.6. The SMILES string of the molecule is COC(=O)N[C@H](C(=O)N[C@@H](Cc1ccc(C#Cc2ccc(N3CC4CCC(C3)N4C3COC3)nc2)cc1)[C@@H](O)CNCc1c(F)cc(C(N)=CC=N[C@@H]2CCOC2)cc1F)C(C)(C)C(F)(F)F. The Morgan fingerprint density at radius 2 is 1.64 bits per heavy atom. The molecule has 19 heteroatoms. The summed E-state index contributed by atoms with van der Waals surface area (Å²) in [6.07, 6.45) is -0.100. The number of benzene rings is 2. The van der Waals surface area contributed by atoms with Crippen molar-refractivity contribution in [2.45, 2.75) is 94.6 Å². The normalized spacial score (nSPS) is 21.6. The van der Waals surface area contributed by atoms with Gasteiger partial charge in [0.05, 0.1) is 56.6 Å². The molecule has 6 atom stereocenters. The lowest BCUT2D eigenvalue weighted by molar-refractivity contribution is -0.220. The number of alkyl halides is 3. The zero-order chi connectivity index (χ0) is 47.9. The highest BCUT2D eigenvalue weighted by Crippen LogP contribution is 2.41. The van der Waals surface area contributed by atoms with Gasteiger partial charge in [-0.2, -0.15) is 13.2 Å². The average molecular weight is 937 g/mol. The van der Waals surface area contributed by atoms with Gasteiger partial charge in [-0.1, -0.05) is 24.0 Å². The van der Waals surface area contributed by atoms with Crippen molar-refractivity contribution in [2.75, 3.05) is 58.1 Å². The number of nitrogens with zero attached hydrogens (tertiary/aromatic N) is 4. The van der Waals surface area contributed by atoms with Crippen LogP contribution in [0.5, 0.6) is 0 Å². The van der Waals surface area contributed by atoms with Gasteiger partial charge in [0.25, 0.3) is 0 Å². The minimum atomic E-state index is -4.95. The first kappa shape index (κ1) is 49.3. The number of nitrogens with one attached hydrogen (secondary N) is 3. The third-order valence-corrected chi connectivity index (χ3v) is 13.0. The Morgan fingerprint density at radius 3 is 2.22 bits per heavy atom. The molecule has 4 saturated heterocycles. The number of aliphatic hydroxyl groups is 1. The molecular weight excluding hydrogens is 880 g/mol. The van der Waals surface area contributed by atoms with Crippen LogP contribution >= 0.6 is 0 Å². The number of aromatic nitrogens is 1. The number of amides is 2. The molecule has 14 nitrogen and oxygen atoms in total. The van der Waals surface area contributed by atoms with E-state index in [9.17, 15) is 27.9 Å². The quantitative estimate of drug-likeness (QED) is 0.0780. The summed E-state index contributed by atoms with van der Waals surface area (Å²) >= 11 is 0. The van der Waals surface area contributed by atoms with Gasteiger partial charge in [0.15, 0.2) is 0 Å². The molecule has 0 radical (unpaired) electrons. The molecule has 4 aliphatic heterocycles. The Kier molecular flexibility index (Phi) is 15.8. The second-order valence-electron chi connectivity index (χ2n) is 17.9. The molecule has 0 saturated carbocycles. The molecule has 2 aromatic carbocycles. The molecule has 4 fully saturated rings. The van der Waals surface area contributed by atoms with Crippen LogP contribution < -0.4 is 26.6 Å². The van der Waals surface area contributed by atoms with E-state index < -0.39 is 60.0 Å². The second-order valence-corrected chi connectivity index (χ2v) is 17.9. The summed E-state index contributed by atoms with van der Waals surface area (Å²) in [6, 6.07) is 10.9. The van der Waals surface area contributed by atoms with Gasteiger partial charge in [-0.25, -0.2) is 18.6 Å². The van der Waals surface area contributed by atoms with E-state index in [1.54, 1.807) is 30.5 Å². The van der Waals surface area contributed by atoms with Gasteiger partial charge < -0.3 is 45.9 Å². The number of rotatable bonds is 16. The minimum absolute atomic E-state index is 0.0160. The fourth-order valence-electron chi connectivity index (χ4n) is 8.75. The fourth-order valence-corrected chi connectivity index (χ4v) is 8.75. The number of anilines is 1. The van der Waals surface area contributed by atoms with Crippen molar-refractivity contribution in [3.8, 4) is 11.8 Å². The lowest BCUT2D eigenvalue weighted by Crippen LogP contribution is -2.62. The molecule has 1 aromatic heterocycles. The van der Waals surface area contributed by atoms with Crippen LogP contribution in [0.25, 0.3) is 5.70 Å². The number of aliphatic imine (C=N–C) groups is 1. The molecule has 360 valence electrons. The number of nitrogens with two attached hydrogens (primary N) is 1. The number of allylic oxidation sites excluding steroid dienone is 1. The van der Waals surface area contributed by atoms with Crippen molar-refractivity contribution in [3.05, 3.63) is 100 Å². The Bertz CT molecular complexity index is 2290. The number of pyridine rings is 1. The van der Waals surface area contributed by atoms with Crippen molar-refractivity contribution >= 4 is 29.7 Å². The largest absolute Gasteiger partial charge is 0.453 e. The number of carbonyl (C=O) groups is 2. The van der Waals surface area contributed by atoms with Crippen molar-refractivity contribution < 1.29 is 50.9 Å². The van der Waals surface area contributed by atoms with Gasteiger partial charge in [0, 0.05) is 85.2 Å². The van der Waals surface area contributed by atoms with E-state index in [2.05, 4.69) is 42.0 Å². The number of carbonyl (C=O) groups excluding carboxylic acids is 2. The van der Waals surface area contributed by atoms with E-state index in [0.717, 1.165) is 71.6 Å². The number of hydrogen-bond donors (Lipinski definition) is 5. The second kappa shape index (κ2) is 21.5. The van der Waals surface area contributed by atoms with E-state index in [4.69, 9.17) is 20.2 Å². The van der Waals surface area contributed by atoms with Crippen LogP contribution in [0.3, 0.4) is 0 Å². The van der Waals surface area contributed by atoms with Gasteiger partial charge in [-0.15, -0.1) is 0 Å². The number of ether oxygens (including phenoxy) is 3. The van der Waals surface area contributed by atoms with Crippen molar-refractivity contribution in [1.29, 1.82) is 0 Å². The minimum Gasteiger partial charge on any atom is -0.453 e. The lowest BCUT2D eigenvalue weighted by atomic mass is 9.82. The first-order chi connectivity index (χ1) is 32.0. The number of aliphatic hydroxyl groups excluding tert-OH is 1. The Labute approximate surface area is 386 Å². The van der Waals surface area contributed by atoms with Crippen LogP contribution in [-0.2, 0) is 32.0 Å². The third-order valence-electron chi connectivity index (χ3n) is 13.0. The molecule has 6 N–H and O–H groups in total. The molecule has 0 spiro atoms. The highest BCUT2D eigenvalue weighted by Gasteiger charge is 2.56. The zero-order valence-corrected chi connectivity index (χ0v) is 37.6. The molecule has 67 heavy (non-hydrogen) atoms. The van der Waals surface area contributed by atoms with Crippen LogP contribution in [0.15, 0.2) is 65.8 Å². The van der Waals surface area contributed by atoms with Gasteiger partial charge >= 0.3 is 12.3 Å². The molecule has 7 rings (SSSR count). The summed E-state index contributed by atoms with van der Waals surface area (Å²) in [7, 11) is 0.941. The van der Waals surface area contributed by atoms with Crippen LogP contribution in [0, 0.1) is 28.9 Å². The molecular formula is C48H57F5N8O6. The summed E-state index contributed by atoms with van der Waals surface area (Å²) in [5, 5.41) is 18.7. The molecule has 4 aliphatic rings. The van der Waals surface area contributed by atoms with Crippen LogP contribution in [0.1, 0.15) is 60.9 Å². The van der Waals surface area contributed by atoms with E-state index in [1.807, 2.05) is 17.4 Å². The van der Waals surface area contributed by atoms with Crippen LogP contribution in [0.2, 0.25) is 0 Å². The first-order valence-electron chi connectivity index (χ1n) is 22.3. The van der Waals surface area contributed by atoms with Crippen LogP contribution in [0.4, 0.5) is 32.6 Å². The topological polar surface area (TPSA) is 176 Å². The highest BCUT2D eigenvalue weighted by molar-refractivity contribution is 5.87. The molecule has 2 amide bonds. The van der Waals surface area contributed by atoms with E-state index in [-0.39, 0.29) is 35.8 Å². The molecule has 2 bridgehead atoms. The number of hydrogen-bond acceptors (Lipinski definition) is 12. The number of fused-ring (bicyclic) bond motifs is 2. The molecule has 5 heterocycles. The summed E-state index contributed by atoms with van der Waals surface area (Å²) in [6.45, 7) is 5.27.